The van der Waals surface area contributed by atoms with Gasteiger partial charge in [-0.3, -0.25) is 0 Å². The summed E-state index contributed by atoms with van der Waals surface area (Å²) in [6, 6.07) is 6.05. The summed E-state index contributed by atoms with van der Waals surface area (Å²) < 4.78 is 5.62. The van der Waals surface area contributed by atoms with Crippen molar-refractivity contribution >= 4 is 0 Å². The average molecular weight is 209 g/mol. The zero-order chi connectivity index (χ0) is 11.1. The van der Waals surface area contributed by atoms with Crippen molar-refractivity contribution in [2.45, 2.75) is 13.8 Å². The lowest BCUT2D eigenvalue weighted by Gasteiger charge is -2.10. The van der Waals surface area contributed by atoms with Crippen molar-refractivity contribution in [1.29, 1.82) is 0 Å². The van der Waals surface area contributed by atoms with Gasteiger partial charge in [0.1, 0.15) is 12.4 Å². The van der Waals surface area contributed by atoms with Crippen LogP contribution in [-0.2, 0) is 0 Å². The molecule has 0 heterocycles. The highest BCUT2D eigenvalue weighted by Crippen LogP contribution is 2.20. The first-order valence-electron chi connectivity index (χ1n) is 5.26. The highest BCUT2D eigenvalue weighted by atomic mass is 16.5. The van der Waals surface area contributed by atoms with E-state index in [1.54, 1.807) is 0 Å². The van der Waals surface area contributed by atoms with Crippen molar-refractivity contribution in [2.24, 2.45) is 0 Å². The van der Waals surface area contributed by atoms with Gasteiger partial charge in [-0.15, -0.1) is 0 Å². The van der Waals surface area contributed by atoms with Gasteiger partial charge in [-0.25, -0.2) is 0 Å². The quantitative estimate of drug-likeness (QED) is 0.693. The van der Waals surface area contributed by atoms with Gasteiger partial charge in [0.2, 0.25) is 0 Å². The molecule has 15 heavy (non-hydrogen) atoms. The molecule has 0 spiro atoms. The first-order valence-corrected chi connectivity index (χ1v) is 5.26. The maximum absolute atomic E-state index is 8.56. The van der Waals surface area contributed by atoms with E-state index in [2.05, 4.69) is 25.2 Å². The largest absolute Gasteiger partial charge is 0.492 e. The van der Waals surface area contributed by atoms with E-state index >= 15 is 0 Å². The monoisotopic (exact) mass is 209 g/mol. The predicted molar refractivity (Wildman–Crippen MR) is 61.4 cm³/mol. The second-order valence-electron chi connectivity index (χ2n) is 3.52. The van der Waals surface area contributed by atoms with Crippen molar-refractivity contribution < 1.29 is 9.84 Å². The fourth-order valence-corrected chi connectivity index (χ4v) is 1.32. The number of aliphatic hydroxyl groups excluding tert-OH is 1. The third kappa shape index (κ3) is 3.90. The number of aliphatic hydroxyl groups is 1. The Hall–Kier alpha value is -1.06. The number of rotatable bonds is 6. The van der Waals surface area contributed by atoms with Crippen molar-refractivity contribution in [3.05, 3.63) is 29.3 Å². The van der Waals surface area contributed by atoms with Crippen LogP contribution in [0.4, 0.5) is 0 Å². The molecule has 0 saturated carbocycles. The minimum atomic E-state index is 0.170. The Morgan fingerprint density at radius 2 is 2.07 bits per heavy atom. The lowest BCUT2D eigenvalue weighted by Crippen LogP contribution is -2.24. The first kappa shape index (κ1) is 12.0. The highest BCUT2D eigenvalue weighted by Gasteiger charge is 2.00. The average Bonchev–Trinajstić information content (AvgIpc) is 2.24. The molecular formula is C12H19NO2. The fraction of sp³-hybridized carbons (Fsp3) is 0.500. The Balaban J connectivity index is 2.34. The van der Waals surface area contributed by atoms with Crippen molar-refractivity contribution in [3.8, 4) is 5.75 Å². The molecule has 3 nitrogen and oxygen atoms in total. The predicted octanol–water partition coefficient (Wildman–Crippen LogP) is 1.26. The molecule has 0 aliphatic carbocycles. The Kier molecular flexibility index (Phi) is 5.15. The maximum Gasteiger partial charge on any atom is 0.122 e. The van der Waals surface area contributed by atoms with E-state index in [1.165, 1.54) is 11.1 Å². The van der Waals surface area contributed by atoms with Gasteiger partial charge in [0, 0.05) is 13.1 Å². The van der Waals surface area contributed by atoms with Crippen LogP contribution in [0.25, 0.3) is 0 Å². The summed E-state index contributed by atoms with van der Waals surface area (Å²) in [6.45, 7) is 6.32. The van der Waals surface area contributed by atoms with E-state index in [4.69, 9.17) is 9.84 Å². The number of hydrogen-bond donors (Lipinski definition) is 2. The van der Waals surface area contributed by atoms with Crippen LogP contribution < -0.4 is 10.1 Å². The number of aryl methyl sites for hydroxylation is 1. The summed E-state index contributed by atoms with van der Waals surface area (Å²) >= 11 is 0. The zero-order valence-electron chi connectivity index (χ0n) is 9.42. The van der Waals surface area contributed by atoms with E-state index in [1.807, 2.05) is 12.1 Å². The third-order valence-corrected chi connectivity index (χ3v) is 2.38. The number of nitrogens with one attached hydrogen (secondary N) is 1. The Bertz CT molecular complexity index is 300. The molecule has 0 saturated heterocycles. The van der Waals surface area contributed by atoms with Gasteiger partial charge in [-0.05, 0) is 31.0 Å². The second kappa shape index (κ2) is 6.43. The SMILES string of the molecule is Cc1cccc(OCCNCCO)c1C. The molecule has 0 atom stereocenters. The molecule has 0 bridgehead atoms. The summed E-state index contributed by atoms with van der Waals surface area (Å²) in [5.74, 6) is 0.945. The van der Waals surface area contributed by atoms with E-state index in [-0.39, 0.29) is 6.61 Å². The Labute approximate surface area is 91.1 Å². The van der Waals surface area contributed by atoms with Gasteiger partial charge in [-0.1, -0.05) is 12.1 Å². The van der Waals surface area contributed by atoms with Crippen LogP contribution in [0.1, 0.15) is 11.1 Å². The number of benzene rings is 1. The van der Waals surface area contributed by atoms with Gasteiger partial charge < -0.3 is 15.2 Å². The molecule has 0 aliphatic heterocycles. The molecule has 0 aliphatic rings. The smallest absolute Gasteiger partial charge is 0.122 e. The Morgan fingerprint density at radius 1 is 1.27 bits per heavy atom. The van der Waals surface area contributed by atoms with E-state index in [9.17, 15) is 0 Å². The van der Waals surface area contributed by atoms with Crippen LogP contribution in [-0.4, -0.2) is 31.4 Å². The lowest BCUT2D eigenvalue weighted by atomic mass is 10.1. The molecule has 0 unspecified atom stereocenters. The molecular weight excluding hydrogens is 190 g/mol. The van der Waals surface area contributed by atoms with Crippen LogP contribution >= 0.6 is 0 Å². The topological polar surface area (TPSA) is 41.5 Å². The lowest BCUT2D eigenvalue weighted by molar-refractivity contribution is 0.275. The van der Waals surface area contributed by atoms with Crippen LogP contribution in [0.5, 0.6) is 5.75 Å². The highest BCUT2D eigenvalue weighted by molar-refractivity contribution is 5.38. The van der Waals surface area contributed by atoms with E-state index in [0.717, 1.165) is 12.3 Å². The first-order chi connectivity index (χ1) is 7.25. The minimum Gasteiger partial charge on any atom is -0.492 e. The Morgan fingerprint density at radius 3 is 2.80 bits per heavy atom. The summed E-state index contributed by atoms with van der Waals surface area (Å²) in [4.78, 5) is 0. The van der Waals surface area contributed by atoms with Gasteiger partial charge in [0.25, 0.3) is 0 Å². The number of hydrogen-bond acceptors (Lipinski definition) is 3. The van der Waals surface area contributed by atoms with Crippen LogP contribution in [0.3, 0.4) is 0 Å². The number of ether oxygens (including phenoxy) is 1. The summed E-state index contributed by atoms with van der Waals surface area (Å²) in [5.41, 5.74) is 2.44. The van der Waals surface area contributed by atoms with Gasteiger partial charge in [0.15, 0.2) is 0 Å². The van der Waals surface area contributed by atoms with Gasteiger partial charge in [-0.2, -0.15) is 0 Å². The van der Waals surface area contributed by atoms with Crippen LogP contribution in [0.15, 0.2) is 18.2 Å². The third-order valence-electron chi connectivity index (χ3n) is 2.38. The minimum absolute atomic E-state index is 0.170. The zero-order valence-corrected chi connectivity index (χ0v) is 9.42. The summed E-state index contributed by atoms with van der Waals surface area (Å²) in [5, 5.41) is 11.6. The maximum atomic E-state index is 8.56. The molecule has 0 fully saturated rings. The molecule has 0 radical (unpaired) electrons. The normalized spacial score (nSPS) is 10.3. The van der Waals surface area contributed by atoms with Crippen molar-refractivity contribution in [1.82, 2.24) is 5.32 Å². The second-order valence-corrected chi connectivity index (χ2v) is 3.52. The molecule has 2 N–H and O–H groups in total. The summed E-state index contributed by atoms with van der Waals surface area (Å²) in [7, 11) is 0. The van der Waals surface area contributed by atoms with Crippen LogP contribution in [0.2, 0.25) is 0 Å². The van der Waals surface area contributed by atoms with Crippen LogP contribution in [0, 0.1) is 13.8 Å². The summed E-state index contributed by atoms with van der Waals surface area (Å²) in [6.07, 6.45) is 0. The van der Waals surface area contributed by atoms with E-state index < -0.39 is 0 Å². The van der Waals surface area contributed by atoms with Crippen molar-refractivity contribution in [2.75, 3.05) is 26.3 Å². The molecule has 0 aromatic heterocycles. The van der Waals surface area contributed by atoms with Gasteiger partial charge in [0.05, 0.1) is 6.61 Å². The molecule has 1 aromatic rings. The standard InChI is InChI=1S/C12H19NO2/c1-10-4-3-5-12(11(10)2)15-9-7-13-6-8-14/h3-5,13-14H,6-9H2,1-2H3. The molecule has 0 amide bonds. The van der Waals surface area contributed by atoms with Gasteiger partial charge >= 0.3 is 0 Å². The van der Waals surface area contributed by atoms with Crippen molar-refractivity contribution in [3.63, 3.8) is 0 Å². The molecule has 84 valence electrons. The van der Waals surface area contributed by atoms with E-state index in [0.29, 0.717) is 13.2 Å². The fourth-order valence-electron chi connectivity index (χ4n) is 1.32. The molecule has 1 aromatic carbocycles. The molecule has 1 rings (SSSR count). The molecule has 3 heteroatoms.